The fourth-order valence-electron chi connectivity index (χ4n) is 2.47. The van der Waals surface area contributed by atoms with Crippen LogP contribution in [0.15, 0.2) is 12.7 Å². The first-order valence-electron chi connectivity index (χ1n) is 6.80. The van der Waals surface area contributed by atoms with Crippen LogP contribution in [0.1, 0.15) is 19.6 Å². The molecule has 3 heterocycles. The number of nitriles is 1. The van der Waals surface area contributed by atoms with Gasteiger partial charge in [-0.3, -0.25) is 9.36 Å². The Kier molecular flexibility index (Phi) is 3.59. The van der Waals surface area contributed by atoms with Crippen LogP contribution < -0.4 is 5.73 Å². The number of hydrogen-bond acceptors (Lipinski definition) is 9. The van der Waals surface area contributed by atoms with Gasteiger partial charge >= 0.3 is 5.97 Å². The third kappa shape index (κ3) is 2.45. The number of hydrogen-bond donors (Lipinski definition) is 2. The van der Waals surface area contributed by atoms with Gasteiger partial charge in [-0.2, -0.15) is 5.26 Å². The van der Waals surface area contributed by atoms with E-state index in [0.717, 1.165) is 0 Å². The zero-order valence-corrected chi connectivity index (χ0v) is 12.2. The van der Waals surface area contributed by atoms with Crippen LogP contribution in [0, 0.1) is 11.3 Å². The van der Waals surface area contributed by atoms with Gasteiger partial charge in [0.05, 0.1) is 6.33 Å². The van der Waals surface area contributed by atoms with Crippen LogP contribution in [-0.2, 0) is 14.3 Å². The van der Waals surface area contributed by atoms with Crippen LogP contribution in [-0.4, -0.2) is 48.9 Å². The molecular weight excluding hydrogens is 304 g/mol. The molecule has 0 aromatic carbocycles. The maximum absolute atomic E-state index is 11.0. The Balaban J connectivity index is 1.92. The van der Waals surface area contributed by atoms with E-state index in [1.807, 2.05) is 6.07 Å². The predicted molar refractivity (Wildman–Crippen MR) is 75.5 cm³/mol. The molecule has 0 saturated carbocycles. The maximum Gasteiger partial charge on any atom is 0.302 e. The lowest BCUT2D eigenvalue weighted by atomic mass is 10.00. The predicted octanol–water partition coefficient (Wildman–Crippen LogP) is -0.486. The third-order valence-corrected chi connectivity index (χ3v) is 3.69. The molecule has 0 radical (unpaired) electrons. The van der Waals surface area contributed by atoms with Gasteiger partial charge in [-0.25, -0.2) is 15.0 Å². The lowest BCUT2D eigenvalue weighted by molar-refractivity contribution is -0.154. The zero-order valence-electron chi connectivity index (χ0n) is 12.2. The van der Waals surface area contributed by atoms with Gasteiger partial charge in [-0.15, -0.1) is 0 Å². The zero-order chi connectivity index (χ0) is 16.6. The summed E-state index contributed by atoms with van der Waals surface area (Å²) in [5.74, 6) is -0.341. The highest BCUT2D eigenvalue weighted by atomic mass is 16.6. The van der Waals surface area contributed by atoms with E-state index in [2.05, 4.69) is 15.0 Å². The molecule has 1 saturated heterocycles. The van der Waals surface area contributed by atoms with E-state index in [9.17, 15) is 15.2 Å². The summed E-state index contributed by atoms with van der Waals surface area (Å²) in [6.07, 6.45) is 1.03. The van der Waals surface area contributed by atoms with Gasteiger partial charge < -0.3 is 20.3 Å². The second-order valence-electron chi connectivity index (χ2n) is 5.19. The van der Waals surface area contributed by atoms with Gasteiger partial charge in [0, 0.05) is 13.3 Å². The van der Waals surface area contributed by atoms with E-state index in [1.165, 1.54) is 19.6 Å². The molecule has 0 amide bonds. The summed E-state index contributed by atoms with van der Waals surface area (Å²) in [7, 11) is 0. The van der Waals surface area contributed by atoms with E-state index in [1.54, 1.807) is 4.57 Å². The minimum Gasteiger partial charge on any atom is -0.462 e. The van der Waals surface area contributed by atoms with Crippen LogP contribution in [0.3, 0.4) is 0 Å². The molecule has 23 heavy (non-hydrogen) atoms. The highest BCUT2D eigenvalue weighted by Gasteiger charge is 2.50. The number of nitrogen functional groups attached to an aromatic ring is 1. The number of carbonyl (C=O) groups is 1. The summed E-state index contributed by atoms with van der Waals surface area (Å²) < 4.78 is 12.1. The molecule has 3 N–H and O–H groups in total. The molecule has 10 heteroatoms. The first-order chi connectivity index (χ1) is 11.0. The molecule has 0 bridgehead atoms. The molecule has 1 aliphatic heterocycles. The van der Waals surface area contributed by atoms with E-state index in [4.69, 9.17) is 15.2 Å². The molecule has 2 aromatic rings. The van der Waals surface area contributed by atoms with Gasteiger partial charge in [0.1, 0.15) is 36.9 Å². The van der Waals surface area contributed by atoms with Crippen molar-refractivity contribution in [1.29, 1.82) is 5.26 Å². The lowest BCUT2D eigenvalue weighted by Gasteiger charge is -2.23. The van der Waals surface area contributed by atoms with E-state index in [-0.39, 0.29) is 18.8 Å². The van der Waals surface area contributed by atoms with Crippen LogP contribution >= 0.6 is 0 Å². The minimum atomic E-state index is -1.63. The van der Waals surface area contributed by atoms with Gasteiger partial charge in [-0.1, -0.05) is 0 Å². The van der Waals surface area contributed by atoms with Gasteiger partial charge in [0.15, 0.2) is 11.5 Å². The number of nitrogens with two attached hydrogens (primary N) is 1. The quantitative estimate of drug-likeness (QED) is 0.715. The highest BCUT2D eigenvalue weighted by Crippen LogP contribution is 2.38. The summed E-state index contributed by atoms with van der Waals surface area (Å²) >= 11 is 0. The largest absolute Gasteiger partial charge is 0.462 e. The van der Waals surface area contributed by atoms with Crippen molar-refractivity contribution in [2.75, 3.05) is 12.3 Å². The fraction of sp³-hybridized carbons (Fsp3) is 0.462. The van der Waals surface area contributed by atoms with Crippen molar-refractivity contribution in [2.45, 2.75) is 31.3 Å². The monoisotopic (exact) mass is 318 g/mol. The molecule has 0 aliphatic carbocycles. The number of nitrogens with zero attached hydrogens (tertiary/aromatic N) is 5. The summed E-state index contributed by atoms with van der Waals surface area (Å²) in [4.78, 5) is 23.0. The number of anilines is 1. The Hall–Kier alpha value is -2.77. The first kappa shape index (κ1) is 15.1. The maximum atomic E-state index is 11.0. The average molecular weight is 318 g/mol. The molecule has 3 atom stereocenters. The Bertz CT molecular complexity index is 799. The Morgan fingerprint density at radius 1 is 1.65 bits per heavy atom. The number of esters is 1. The van der Waals surface area contributed by atoms with E-state index < -0.39 is 23.9 Å². The highest BCUT2D eigenvalue weighted by molar-refractivity contribution is 5.81. The Morgan fingerprint density at radius 3 is 3.13 bits per heavy atom. The molecule has 2 aromatic heterocycles. The summed E-state index contributed by atoms with van der Waals surface area (Å²) in [5, 5.41) is 19.6. The number of imidazole rings is 1. The number of fused-ring (bicyclic) bond motifs is 1. The number of rotatable bonds is 3. The molecule has 1 aliphatic rings. The Labute approximate surface area is 130 Å². The average Bonchev–Trinajstić information content (AvgIpc) is 3.08. The van der Waals surface area contributed by atoms with Crippen molar-refractivity contribution in [1.82, 2.24) is 19.5 Å². The van der Waals surface area contributed by atoms with Crippen molar-refractivity contribution in [3.8, 4) is 6.07 Å². The molecule has 1 unspecified atom stereocenters. The summed E-state index contributed by atoms with van der Waals surface area (Å²) in [5.41, 5.74) is 4.93. The van der Waals surface area contributed by atoms with E-state index in [0.29, 0.717) is 11.2 Å². The van der Waals surface area contributed by atoms with Crippen molar-refractivity contribution in [3.05, 3.63) is 12.7 Å². The number of aliphatic hydroxyl groups is 1. The second-order valence-corrected chi connectivity index (χ2v) is 5.19. The number of ether oxygens (including phenoxy) is 2. The van der Waals surface area contributed by atoms with Crippen molar-refractivity contribution < 1.29 is 19.4 Å². The molecule has 0 spiro atoms. The standard InChI is InChI=1S/C13H14N6O4/c1-7(20)22-4-13(3-14)8(21)2-9(23-13)19-6-18-10-11(15)16-5-17-12(10)19/h5-6,8-9,21H,2,4H2,1H3,(H2,15,16,17)/t8?,9-,13-/m1/s1. The number of aromatic nitrogens is 4. The summed E-state index contributed by atoms with van der Waals surface area (Å²) in [6.45, 7) is 0.854. The molecule has 1 fully saturated rings. The second kappa shape index (κ2) is 5.45. The molecule has 10 nitrogen and oxygen atoms in total. The number of carbonyl (C=O) groups excluding carboxylic acids is 1. The summed E-state index contributed by atoms with van der Waals surface area (Å²) in [6, 6.07) is 1.89. The topological polar surface area (TPSA) is 149 Å². The van der Waals surface area contributed by atoms with E-state index >= 15 is 0 Å². The van der Waals surface area contributed by atoms with Crippen LogP contribution in [0.25, 0.3) is 11.2 Å². The lowest BCUT2D eigenvalue weighted by Crippen LogP contribution is -2.43. The van der Waals surface area contributed by atoms with Crippen molar-refractivity contribution in [3.63, 3.8) is 0 Å². The van der Waals surface area contributed by atoms with Crippen LogP contribution in [0.2, 0.25) is 0 Å². The molecule has 3 rings (SSSR count). The molecule has 120 valence electrons. The SMILES string of the molecule is CC(=O)OC[C@@]1(C#N)O[C@@H](n2cnc3c(N)ncnc32)CC1O. The third-order valence-electron chi connectivity index (χ3n) is 3.69. The minimum absolute atomic E-state index is 0.115. The normalized spacial score (nSPS) is 27.0. The van der Waals surface area contributed by atoms with Crippen LogP contribution in [0.5, 0.6) is 0 Å². The van der Waals surface area contributed by atoms with Crippen LogP contribution in [0.4, 0.5) is 5.82 Å². The van der Waals surface area contributed by atoms with Crippen molar-refractivity contribution >= 4 is 23.0 Å². The van der Waals surface area contributed by atoms with Crippen molar-refractivity contribution in [2.24, 2.45) is 0 Å². The smallest absolute Gasteiger partial charge is 0.302 e. The number of aliphatic hydroxyl groups excluding tert-OH is 1. The van der Waals surface area contributed by atoms with Gasteiger partial charge in [-0.05, 0) is 0 Å². The first-order valence-corrected chi connectivity index (χ1v) is 6.80. The fourth-order valence-corrected chi connectivity index (χ4v) is 2.47. The Morgan fingerprint density at radius 2 is 2.43 bits per heavy atom. The van der Waals surface area contributed by atoms with Gasteiger partial charge in [0.2, 0.25) is 5.60 Å². The molecular formula is C13H14N6O4. The van der Waals surface area contributed by atoms with Gasteiger partial charge in [0.25, 0.3) is 0 Å².